The van der Waals surface area contributed by atoms with Crippen molar-refractivity contribution >= 4 is 5.69 Å². The van der Waals surface area contributed by atoms with Gasteiger partial charge < -0.3 is 10.0 Å². The third-order valence-electron chi connectivity index (χ3n) is 4.10. The first-order chi connectivity index (χ1) is 8.76. The van der Waals surface area contributed by atoms with E-state index in [-0.39, 0.29) is 6.10 Å². The minimum Gasteiger partial charge on any atom is -0.388 e. The third kappa shape index (κ3) is 2.86. The molecule has 2 rings (SSSR count). The Morgan fingerprint density at radius 1 is 1.17 bits per heavy atom. The lowest BCUT2D eigenvalue weighted by Crippen LogP contribution is -2.32. The van der Waals surface area contributed by atoms with Crippen LogP contribution in [0.1, 0.15) is 57.6 Å². The highest BCUT2D eigenvalue weighted by molar-refractivity contribution is 5.49. The molecule has 1 aromatic carbocycles. The van der Waals surface area contributed by atoms with Gasteiger partial charge in [0.1, 0.15) is 0 Å². The van der Waals surface area contributed by atoms with Crippen LogP contribution in [0.4, 0.5) is 5.69 Å². The molecule has 1 unspecified atom stereocenters. The Balaban J connectivity index is 2.11. The van der Waals surface area contributed by atoms with Crippen molar-refractivity contribution in [2.75, 3.05) is 11.4 Å². The van der Waals surface area contributed by atoms with E-state index in [1.54, 1.807) is 0 Å². The number of rotatable bonds is 5. The molecule has 100 valence electrons. The molecule has 0 spiro atoms. The fourth-order valence-corrected chi connectivity index (χ4v) is 2.99. The predicted molar refractivity (Wildman–Crippen MR) is 77.0 cm³/mol. The zero-order valence-electron chi connectivity index (χ0n) is 11.6. The van der Waals surface area contributed by atoms with Gasteiger partial charge in [-0.05, 0) is 43.9 Å². The topological polar surface area (TPSA) is 23.5 Å². The van der Waals surface area contributed by atoms with Gasteiger partial charge in [0.15, 0.2) is 0 Å². The van der Waals surface area contributed by atoms with E-state index in [9.17, 15) is 5.11 Å². The van der Waals surface area contributed by atoms with Gasteiger partial charge in [-0.25, -0.2) is 0 Å². The molecule has 1 atom stereocenters. The normalized spacial score (nSPS) is 17.9. The molecule has 0 aromatic heterocycles. The van der Waals surface area contributed by atoms with Crippen molar-refractivity contribution in [2.45, 2.75) is 58.1 Å². The average Bonchev–Trinajstić information content (AvgIpc) is 2.93. The van der Waals surface area contributed by atoms with Gasteiger partial charge in [0, 0.05) is 18.3 Å². The lowest BCUT2D eigenvalue weighted by atomic mass is 10.1. The molecule has 2 heteroatoms. The number of hydrogen-bond acceptors (Lipinski definition) is 2. The first-order valence-corrected chi connectivity index (χ1v) is 7.31. The number of nitrogens with zero attached hydrogens (tertiary/aromatic N) is 1. The Morgan fingerprint density at radius 3 is 2.28 bits per heavy atom. The van der Waals surface area contributed by atoms with Gasteiger partial charge in [-0.3, -0.25) is 0 Å². The molecule has 0 amide bonds. The molecule has 0 aliphatic heterocycles. The van der Waals surface area contributed by atoms with Crippen LogP contribution in [0.25, 0.3) is 0 Å². The largest absolute Gasteiger partial charge is 0.388 e. The van der Waals surface area contributed by atoms with Crippen molar-refractivity contribution in [2.24, 2.45) is 0 Å². The number of benzene rings is 1. The first-order valence-electron chi connectivity index (χ1n) is 7.31. The highest BCUT2D eigenvalue weighted by Gasteiger charge is 2.21. The minimum absolute atomic E-state index is 0.319. The van der Waals surface area contributed by atoms with Gasteiger partial charge in [-0.15, -0.1) is 0 Å². The fourth-order valence-electron chi connectivity index (χ4n) is 2.99. The summed E-state index contributed by atoms with van der Waals surface area (Å²) in [7, 11) is 0. The van der Waals surface area contributed by atoms with Crippen LogP contribution in [0, 0.1) is 0 Å². The van der Waals surface area contributed by atoms with Crippen LogP contribution in [0.2, 0.25) is 0 Å². The van der Waals surface area contributed by atoms with Gasteiger partial charge in [0.25, 0.3) is 0 Å². The summed E-state index contributed by atoms with van der Waals surface area (Å²) in [5.41, 5.74) is 2.33. The van der Waals surface area contributed by atoms with Gasteiger partial charge in [-0.2, -0.15) is 0 Å². The third-order valence-corrected chi connectivity index (χ3v) is 4.10. The lowest BCUT2D eigenvalue weighted by molar-refractivity contribution is 0.173. The Labute approximate surface area is 111 Å². The molecule has 1 aromatic rings. The van der Waals surface area contributed by atoms with E-state index < -0.39 is 0 Å². The molecular formula is C16H25NO. The fraction of sp³-hybridized carbons (Fsp3) is 0.625. The summed E-state index contributed by atoms with van der Waals surface area (Å²) < 4.78 is 0. The lowest BCUT2D eigenvalue weighted by Gasteiger charge is -2.30. The van der Waals surface area contributed by atoms with Crippen molar-refractivity contribution in [1.29, 1.82) is 0 Å². The summed E-state index contributed by atoms with van der Waals surface area (Å²) in [5.74, 6) is 0. The van der Waals surface area contributed by atoms with E-state index in [1.165, 1.54) is 31.4 Å². The molecule has 2 nitrogen and oxygen atoms in total. The second-order valence-corrected chi connectivity index (χ2v) is 5.24. The maximum atomic E-state index is 9.81. The minimum atomic E-state index is -0.319. The van der Waals surface area contributed by atoms with Crippen LogP contribution in [-0.4, -0.2) is 17.7 Å². The molecule has 1 saturated carbocycles. The Bertz CT molecular complexity index is 354. The number of hydrogen-bond donors (Lipinski definition) is 1. The summed E-state index contributed by atoms with van der Waals surface area (Å²) in [6.07, 6.45) is 5.85. The van der Waals surface area contributed by atoms with Crippen LogP contribution in [0.3, 0.4) is 0 Å². The van der Waals surface area contributed by atoms with E-state index in [0.717, 1.165) is 24.6 Å². The summed E-state index contributed by atoms with van der Waals surface area (Å²) in [4.78, 5) is 2.51. The zero-order valence-corrected chi connectivity index (χ0v) is 11.6. The van der Waals surface area contributed by atoms with Gasteiger partial charge in [0.05, 0.1) is 6.10 Å². The van der Waals surface area contributed by atoms with Crippen molar-refractivity contribution in [3.63, 3.8) is 0 Å². The smallest absolute Gasteiger partial charge is 0.0787 e. The summed E-state index contributed by atoms with van der Waals surface area (Å²) in [6, 6.07) is 9.19. The first kappa shape index (κ1) is 13.4. The van der Waals surface area contributed by atoms with Crippen molar-refractivity contribution < 1.29 is 5.11 Å². The zero-order chi connectivity index (χ0) is 13.0. The van der Waals surface area contributed by atoms with Crippen LogP contribution in [0.5, 0.6) is 0 Å². The van der Waals surface area contributed by atoms with Gasteiger partial charge in [-0.1, -0.05) is 31.9 Å². The second kappa shape index (κ2) is 6.24. The number of aliphatic hydroxyl groups is 1. The highest BCUT2D eigenvalue weighted by Crippen LogP contribution is 2.29. The number of aliphatic hydroxyl groups excluding tert-OH is 1. The number of anilines is 1. The van der Waals surface area contributed by atoms with Crippen LogP contribution < -0.4 is 4.90 Å². The van der Waals surface area contributed by atoms with E-state index in [0.29, 0.717) is 0 Å². The van der Waals surface area contributed by atoms with Gasteiger partial charge in [0.2, 0.25) is 0 Å². The summed E-state index contributed by atoms with van der Waals surface area (Å²) in [6.45, 7) is 5.31. The highest BCUT2D eigenvalue weighted by atomic mass is 16.3. The summed E-state index contributed by atoms with van der Waals surface area (Å²) >= 11 is 0. The van der Waals surface area contributed by atoms with Crippen molar-refractivity contribution in [1.82, 2.24) is 0 Å². The predicted octanol–water partition coefficient (Wildman–Crippen LogP) is 3.90. The monoisotopic (exact) mass is 247 g/mol. The van der Waals surface area contributed by atoms with E-state index >= 15 is 0 Å². The molecule has 18 heavy (non-hydrogen) atoms. The van der Waals surface area contributed by atoms with Crippen LogP contribution in [-0.2, 0) is 0 Å². The van der Waals surface area contributed by atoms with E-state index in [4.69, 9.17) is 0 Å². The van der Waals surface area contributed by atoms with Crippen molar-refractivity contribution in [3.05, 3.63) is 29.8 Å². The van der Waals surface area contributed by atoms with E-state index in [2.05, 4.69) is 36.1 Å². The average molecular weight is 247 g/mol. The van der Waals surface area contributed by atoms with E-state index in [1.807, 2.05) is 6.92 Å². The molecule has 0 radical (unpaired) electrons. The Morgan fingerprint density at radius 2 is 1.78 bits per heavy atom. The molecule has 1 aliphatic rings. The molecule has 0 heterocycles. The second-order valence-electron chi connectivity index (χ2n) is 5.24. The Kier molecular flexibility index (Phi) is 4.65. The quantitative estimate of drug-likeness (QED) is 0.853. The molecule has 1 N–H and O–H groups in total. The molecule has 0 bridgehead atoms. The summed E-state index contributed by atoms with van der Waals surface area (Å²) in [5, 5.41) is 9.81. The van der Waals surface area contributed by atoms with Crippen LogP contribution >= 0.6 is 0 Å². The molecule has 1 aliphatic carbocycles. The maximum Gasteiger partial charge on any atom is 0.0787 e. The van der Waals surface area contributed by atoms with Crippen LogP contribution in [0.15, 0.2) is 24.3 Å². The van der Waals surface area contributed by atoms with Crippen molar-refractivity contribution in [3.8, 4) is 0 Å². The standard InChI is InChI=1S/C16H25NO/c1-3-16(18)13-9-11-15(12-10-13)17(4-2)14-7-5-6-8-14/h9-12,14,16,18H,3-8H2,1-2H3. The SMILES string of the molecule is CCC(O)c1ccc(N(CC)C2CCCC2)cc1. The molecule has 0 saturated heterocycles. The molecule has 1 fully saturated rings. The molecular weight excluding hydrogens is 222 g/mol. The Hall–Kier alpha value is -1.02. The van der Waals surface area contributed by atoms with Gasteiger partial charge >= 0.3 is 0 Å². The maximum absolute atomic E-state index is 9.81.